The first kappa shape index (κ1) is 36.6. The maximum atomic E-state index is 9.60. The topological polar surface area (TPSA) is 190 Å². The van der Waals surface area contributed by atoms with Gasteiger partial charge in [-0.05, 0) is 13.8 Å². The van der Waals surface area contributed by atoms with E-state index < -0.39 is 23.9 Å². The summed E-state index contributed by atoms with van der Waals surface area (Å²) < 4.78 is 0. The summed E-state index contributed by atoms with van der Waals surface area (Å²) in [7, 11) is 0. The van der Waals surface area contributed by atoms with Gasteiger partial charge in [0.15, 0.2) is 0 Å². The van der Waals surface area contributed by atoms with E-state index in [2.05, 4.69) is 26.3 Å². The minimum atomic E-state index is -0.981. The Morgan fingerprint density at radius 1 is 0.724 bits per heavy atom. The van der Waals surface area contributed by atoms with Gasteiger partial charge in [-0.2, -0.15) is 0 Å². The van der Waals surface area contributed by atoms with Gasteiger partial charge in [0.25, 0.3) is 0 Å². The van der Waals surface area contributed by atoms with Gasteiger partial charge < -0.3 is 30.6 Å². The number of hydrogen-bond donors (Lipinski definition) is 6. The fraction of sp³-hybridized carbons (Fsp3) is 0.368. The van der Waals surface area contributed by atoms with Crippen LogP contribution in [0.2, 0.25) is 0 Å². The molecule has 0 aliphatic carbocycles. The lowest BCUT2D eigenvalue weighted by molar-refractivity contribution is -0.133. The number of aliphatic hydroxyl groups is 2. The van der Waals surface area contributed by atoms with Crippen LogP contribution >= 0.6 is 0 Å². The zero-order chi connectivity index (χ0) is 24.8. The summed E-state index contributed by atoms with van der Waals surface area (Å²) in [5.41, 5.74) is 0.0463. The van der Waals surface area contributed by atoms with Crippen LogP contribution in [0.15, 0.2) is 49.6 Å². The average Bonchev–Trinajstić information content (AvgIpc) is 2.63. The van der Waals surface area contributed by atoms with Crippen molar-refractivity contribution >= 4 is 23.9 Å². The Morgan fingerprint density at radius 3 is 0.862 bits per heavy atom. The molecule has 0 unspecified atom stereocenters. The lowest BCUT2D eigenvalue weighted by Crippen LogP contribution is -2.20. The summed E-state index contributed by atoms with van der Waals surface area (Å²) >= 11 is 0. The molecule has 0 heterocycles. The van der Waals surface area contributed by atoms with E-state index in [4.69, 9.17) is 30.6 Å². The molecule has 0 radical (unpaired) electrons. The zero-order valence-electron chi connectivity index (χ0n) is 17.2. The molecule has 0 rings (SSSR count). The Bertz CT molecular complexity index is 487. The predicted molar refractivity (Wildman–Crippen MR) is 109 cm³/mol. The standard InChI is InChI=1S/C5H12O2.2C4H6O2.2C3H4O2/c1-5(2,3-6)4-7;2*1-3(2)4(5)6;2*1-2-3(4)5/h6-7H,3-4H2,1-2H3;2*1H2,2H3,(H,5,6);2*2H,1H2,(H,4,5). The third-order valence-corrected chi connectivity index (χ3v) is 1.94. The molecule has 0 amide bonds. The van der Waals surface area contributed by atoms with Gasteiger partial charge >= 0.3 is 23.9 Å². The van der Waals surface area contributed by atoms with Crippen molar-refractivity contribution in [3.8, 4) is 0 Å². The predicted octanol–water partition coefficient (Wildman–Crippen LogP) is 1.81. The number of aliphatic carboxylic acids is 4. The smallest absolute Gasteiger partial charge is 0.330 e. The molecular formula is C19H32O10. The van der Waals surface area contributed by atoms with Gasteiger partial charge in [0.05, 0.1) is 13.2 Å². The van der Waals surface area contributed by atoms with Crippen molar-refractivity contribution in [2.75, 3.05) is 13.2 Å². The Morgan fingerprint density at radius 2 is 0.862 bits per heavy atom. The Hall–Kier alpha value is -3.24. The van der Waals surface area contributed by atoms with Crippen LogP contribution in [-0.4, -0.2) is 67.7 Å². The first-order valence-electron chi connectivity index (χ1n) is 7.65. The second-order valence-corrected chi connectivity index (χ2v) is 5.74. The maximum Gasteiger partial charge on any atom is 0.330 e. The Labute approximate surface area is 170 Å². The van der Waals surface area contributed by atoms with Crippen LogP contribution in [0.5, 0.6) is 0 Å². The third-order valence-electron chi connectivity index (χ3n) is 1.94. The minimum absolute atomic E-state index is 0.0451. The third kappa shape index (κ3) is 58.9. The van der Waals surface area contributed by atoms with E-state index >= 15 is 0 Å². The molecule has 0 aromatic carbocycles. The second kappa shape index (κ2) is 22.8. The molecule has 10 nitrogen and oxygen atoms in total. The molecule has 0 aliphatic rings. The van der Waals surface area contributed by atoms with Crippen molar-refractivity contribution in [3.05, 3.63) is 49.6 Å². The lowest BCUT2D eigenvalue weighted by atomic mass is 9.97. The van der Waals surface area contributed by atoms with Gasteiger partial charge in [0.1, 0.15) is 0 Å². The number of carboxylic acids is 4. The van der Waals surface area contributed by atoms with Crippen LogP contribution in [-0.2, 0) is 19.2 Å². The monoisotopic (exact) mass is 420 g/mol. The normalized spacial score (nSPS) is 8.21. The number of carbonyl (C=O) groups is 4. The second-order valence-electron chi connectivity index (χ2n) is 5.74. The molecule has 29 heavy (non-hydrogen) atoms. The van der Waals surface area contributed by atoms with E-state index in [-0.39, 0.29) is 29.8 Å². The highest BCUT2D eigenvalue weighted by molar-refractivity contribution is 5.85. The minimum Gasteiger partial charge on any atom is -0.478 e. The van der Waals surface area contributed by atoms with Crippen LogP contribution in [0.1, 0.15) is 27.7 Å². The number of carboxylic acid groups (broad SMARTS) is 4. The highest BCUT2D eigenvalue weighted by Gasteiger charge is 2.13. The highest BCUT2D eigenvalue weighted by Crippen LogP contribution is 2.10. The summed E-state index contributed by atoms with van der Waals surface area (Å²) in [6.45, 7) is 18.8. The number of rotatable bonds is 6. The van der Waals surface area contributed by atoms with Crippen LogP contribution < -0.4 is 0 Å². The SMILES string of the molecule is C=C(C)C(=O)O.C=C(C)C(=O)O.C=CC(=O)O.C=CC(=O)O.CC(C)(CO)CO. The van der Waals surface area contributed by atoms with E-state index in [1.807, 2.05) is 0 Å². The molecule has 0 spiro atoms. The van der Waals surface area contributed by atoms with Gasteiger partial charge in [-0.15, -0.1) is 0 Å². The van der Waals surface area contributed by atoms with E-state index in [0.29, 0.717) is 0 Å². The van der Waals surface area contributed by atoms with Crippen LogP contribution in [0.3, 0.4) is 0 Å². The molecule has 0 aliphatic heterocycles. The van der Waals surface area contributed by atoms with Gasteiger partial charge in [0.2, 0.25) is 0 Å². The highest BCUT2D eigenvalue weighted by atomic mass is 16.4. The van der Waals surface area contributed by atoms with Crippen molar-refractivity contribution in [2.24, 2.45) is 5.41 Å². The first-order chi connectivity index (χ1) is 12.9. The van der Waals surface area contributed by atoms with E-state index in [9.17, 15) is 19.2 Å². The number of aliphatic hydroxyl groups excluding tert-OH is 2. The van der Waals surface area contributed by atoms with E-state index in [1.54, 1.807) is 13.8 Å². The van der Waals surface area contributed by atoms with Gasteiger partial charge in [-0.3, -0.25) is 0 Å². The molecule has 0 aromatic rings. The molecule has 168 valence electrons. The van der Waals surface area contributed by atoms with Gasteiger partial charge in [-0.25, -0.2) is 19.2 Å². The molecular weight excluding hydrogens is 388 g/mol. The summed E-state index contributed by atoms with van der Waals surface area (Å²) in [6.07, 6.45) is 1.67. The molecule has 10 heteroatoms. The largest absolute Gasteiger partial charge is 0.478 e. The van der Waals surface area contributed by atoms with Crippen molar-refractivity contribution in [1.82, 2.24) is 0 Å². The summed E-state index contributed by atoms with van der Waals surface area (Å²) in [4.78, 5) is 37.7. The van der Waals surface area contributed by atoms with Crippen molar-refractivity contribution in [3.63, 3.8) is 0 Å². The van der Waals surface area contributed by atoms with Gasteiger partial charge in [-0.1, -0.05) is 40.2 Å². The van der Waals surface area contributed by atoms with Crippen LogP contribution in [0.25, 0.3) is 0 Å². The molecule has 0 bridgehead atoms. The Balaban J connectivity index is -0.0000000833. The summed E-state index contributed by atoms with van der Waals surface area (Å²) in [6, 6.07) is 0. The van der Waals surface area contributed by atoms with Crippen LogP contribution in [0.4, 0.5) is 0 Å². The fourth-order valence-corrected chi connectivity index (χ4v) is 0.0500. The molecule has 0 saturated carbocycles. The van der Waals surface area contributed by atoms with Gasteiger partial charge in [0, 0.05) is 28.7 Å². The summed E-state index contributed by atoms with van der Waals surface area (Å²) in [5, 5.41) is 47.9. The first-order valence-corrected chi connectivity index (χ1v) is 7.65. The summed E-state index contributed by atoms with van der Waals surface area (Å²) in [5.74, 6) is -3.83. The van der Waals surface area contributed by atoms with Crippen molar-refractivity contribution in [1.29, 1.82) is 0 Å². The van der Waals surface area contributed by atoms with E-state index in [0.717, 1.165) is 12.2 Å². The molecule has 0 saturated heterocycles. The molecule has 0 fully saturated rings. The van der Waals surface area contributed by atoms with Crippen molar-refractivity contribution in [2.45, 2.75) is 27.7 Å². The molecule has 0 atom stereocenters. The number of hydrogen-bond acceptors (Lipinski definition) is 6. The van der Waals surface area contributed by atoms with Crippen molar-refractivity contribution < 1.29 is 49.8 Å². The lowest BCUT2D eigenvalue weighted by Gasteiger charge is -2.16. The Kier molecular flexibility index (Phi) is 28.8. The maximum absolute atomic E-state index is 9.60. The average molecular weight is 420 g/mol. The quantitative estimate of drug-likeness (QED) is 0.345. The van der Waals surface area contributed by atoms with Crippen LogP contribution in [0, 0.1) is 5.41 Å². The zero-order valence-corrected chi connectivity index (χ0v) is 17.2. The molecule has 0 aromatic heterocycles. The van der Waals surface area contributed by atoms with E-state index in [1.165, 1.54) is 13.8 Å². The fourth-order valence-electron chi connectivity index (χ4n) is 0.0500. The molecule has 6 N–H and O–H groups in total.